The molecule has 0 radical (unpaired) electrons. The van der Waals surface area contributed by atoms with E-state index >= 15 is 0 Å². The molecule has 0 N–H and O–H groups in total. The summed E-state index contributed by atoms with van der Waals surface area (Å²) < 4.78 is 0. The minimum atomic E-state index is -0.107. The highest BCUT2D eigenvalue weighted by Gasteiger charge is 2.25. The lowest BCUT2D eigenvalue weighted by atomic mass is 9.94. The molecule has 1 saturated heterocycles. The van der Waals surface area contributed by atoms with Gasteiger partial charge in [0.15, 0.2) is 0 Å². The first-order valence-electron chi connectivity index (χ1n) is 7.85. The average molecular weight is 275 g/mol. The summed E-state index contributed by atoms with van der Waals surface area (Å²) in [5.74, 6) is -0.107. The molecule has 2 fully saturated rings. The van der Waals surface area contributed by atoms with E-state index in [0.717, 1.165) is 38.8 Å². The molecule has 4 heteroatoms. The molecule has 110 valence electrons. The number of hydrogen-bond acceptors (Lipinski definition) is 3. The van der Waals surface area contributed by atoms with Crippen molar-refractivity contribution in [2.24, 2.45) is 0 Å². The number of likely N-dealkylation sites (N-methyl/N-ethyl adjacent to an activating group) is 1. The SMILES string of the molecule is CN(C(=O)/C(C#N)=C\N1CCCCC1)C1CCCCC1. The lowest BCUT2D eigenvalue weighted by Crippen LogP contribution is -2.39. The van der Waals surface area contributed by atoms with Gasteiger partial charge in [-0.15, -0.1) is 0 Å². The van der Waals surface area contributed by atoms with Gasteiger partial charge in [-0.2, -0.15) is 5.26 Å². The third-order valence-corrected chi connectivity index (χ3v) is 4.50. The molecule has 1 heterocycles. The van der Waals surface area contributed by atoms with Crippen LogP contribution in [0.15, 0.2) is 11.8 Å². The molecule has 0 spiro atoms. The van der Waals surface area contributed by atoms with E-state index in [0.29, 0.717) is 11.6 Å². The predicted octanol–water partition coefficient (Wildman–Crippen LogP) is 2.67. The van der Waals surface area contributed by atoms with E-state index in [1.54, 1.807) is 11.1 Å². The average Bonchev–Trinajstić information content (AvgIpc) is 2.53. The molecule has 0 aromatic rings. The van der Waals surface area contributed by atoms with Gasteiger partial charge in [-0.25, -0.2) is 0 Å². The molecule has 0 aromatic heterocycles. The molecule has 0 atom stereocenters. The summed E-state index contributed by atoms with van der Waals surface area (Å²) in [6.45, 7) is 1.93. The van der Waals surface area contributed by atoms with Gasteiger partial charge < -0.3 is 9.80 Å². The van der Waals surface area contributed by atoms with Crippen LogP contribution in [0, 0.1) is 11.3 Å². The number of piperidine rings is 1. The molecule has 0 unspecified atom stereocenters. The first kappa shape index (κ1) is 14.9. The second-order valence-corrected chi connectivity index (χ2v) is 5.96. The summed E-state index contributed by atoms with van der Waals surface area (Å²) in [6, 6.07) is 2.41. The highest BCUT2D eigenvalue weighted by Crippen LogP contribution is 2.23. The van der Waals surface area contributed by atoms with Crippen molar-refractivity contribution in [3.8, 4) is 6.07 Å². The predicted molar refractivity (Wildman–Crippen MR) is 78.8 cm³/mol. The van der Waals surface area contributed by atoms with Crippen LogP contribution in [0.1, 0.15) is 51.4 Å². The molecule has 0 aromatic carbocycles. The monoisotopic (exact) mass is 275 g/mol. The standard InChI is InChI=1S/C16H25N3O/c1-18(15-8-4-2-5-9-15)16(20)14(12-17)13-19-10-6-3-7-11-19/h13,15H,2-11H2,1H3/b14-13-. The molecular weight excluding hydrogens is 250 g/mol. The third kappa shape index (κ3) is 3.75. The number of hydrogen-bond donors (Lipinski definition) is 0. The van der Waals surface area contributed by atoms with E-state index in [1.165, 1.54) is 25.7 Å². The zero-order chi connectivity index (χ0) is 14.4. The van der Waals surface area contributed by atoms with Crippen molar-refractivity contribution < 1.29 is 4.79 Å². The van der Waals surface area contributed by atoms with E-state index in [2.05, 4.69) is 11.0 Å². The number of amides is 1. The molecule has 1 saturated carbocycles. The van der Waals surface area contributed by atoms with Crippen LogP contribution in [0.3, 0.4) is 0 Å². The summed E-state index contributed by atoms with van der Waals surface area (Å²) in [7, 11) is 1.85. The molecular formula is C16H25N3O. The van der Waals surface area contributed by atoms with Gasteiger partial charge in [0.2, 0.25) is 0 Å². The zero-order valence-electron chi connectivity index (χ0n) is 12.5. The van der Waals surface area contributed by atoms with E-state index in [4.69, 9.17) is 0 Å². The number of likely N-dealkylation sites (tertiary alicyclic amines) is 1. The Labute approximate surface area is 122 Å². The minimum Gasteiger partial charge on any atom is -0.376 e. The highest BCUT2D eigenvalue weighted by atomic mass is 16.2. The first-order chi connectivity index (χ1) is 9.72. The maximum atomic E-state index is 12.5. The van der Waals surface area contributed by atoms with Gasteiger partial charge in [-0.05, 0) is 32.1 Å². The van der Waals surface area contributed by atoms with Crippen LogP contribution in [0.2, 0.25) is 0 Å². The number of carbonyl (C=O) groups is 1. The zero-order valence-corrected chi connectivity index (χ0v) is 12.5. The van der Waals surface area contributed by atoms with Crippen molar-refractivity contribution >= 4 is 5.91 Å². The number of nitrogens with zero attached hydrogens (tertiary/aromatic N) is 3. The second-order valence-electron chi connectivity index (χ2n) is 5.96. The van der Waals surface area contributed by atoms with Crippen molar-refractivity contribution in [2.75, 3.05) is 20.1 Å². The summed E-state index contributed by atoms with van der Waals surface area (Å²) in [4.78, 5) is 16.4. The van der Waals surface area contributed by atoms with E-state index < -0.39 is 0 Å². The van der Waals surface area contributed by atoms with Gasteiger partial charge >= 0.3 is 0 Å². The Morgan fingerprint density at radius 2 is 1.75 bits per heavy atom. The largest absolute Gasteiger partial charge is 0.376 e. The Bertz CT molecular complexity index is 398. The molecule has 20 heavy (non-hydrogen) atoms. The maximum absolute atomic E-state index is 12.5. The van der Waals surface area contributed by atoms with Crippen LogP contribution in [-0.2, 0) is 4.79 Å². The van der Waals surface area contributed by atoms with Gasteiger partial charge in [-0.1, -0.05) is 19.3 Å². The van der Waals surface area contributed by atoms with Crippen molar-refractivity contribution in [3.63, 3.8) is 0 Å². The van der Waals surface area contributed by atoms with Gasteiger partial charge in [0.1, 0.15) is 11.6 Å². The smallest absolute Gasteiger partial charge is 0.265 e. The van der Waals surface area contributed by atoms with Crippen molar-refractivity contribution in [1.29, 1.82) is 5.26 Å². The molecule has 1 aliphatic heterocycles. The molecule has 1 aliphatic carbocycles. The maximum Gasteiger partial charge on any atom is 0.265 e. The lowest BCUT2D eigenvalue weighted by molar-refractivity contribution is -0.128. The molecule has 4 nitrogen and oxygen atoms in total. The normalized spacial score (nSPS) is 21.4. The lowest BCUT2D eigenvalue weighted by Gasteiger charge is -2.31. The summed E-state index contributed by atoms with van der Waals surface area (Å²) in [6.07, 6.45) is 11.1. The summed E-state index contributed by atoms with van der Waals surface area (Å²) in [5.41, 5.74) is 0.292. The van der Waals surface area contributed by atoms with Gasteiger partial charge in [-0.3, -0.25) is 4.79 Å². The molecule has 1 amide bonds. The van der Waals surface area contributed by atoms with Gasteiger partial charge in [0.25, 0.3) is 5.91 Å². The van der Waals surface area contributed by atoms with E-state index in [9.17, 15) is 10.1 Å². The fourth-order valence-electron chi connectivity index (χ4n) is 3.19. The van der Waals surface area contributed by atoms with Crippen molar-refractivity contribution in [2.45, 2.75) is 57.4 Å². The quantitative estimate of drug-likeness (QED) is 0.587. The fourth-order valence-corrected chi connectivity index (χ4v) is 3.19. The Kier molecular flexibility index (Phi) is 5.46. The number of carbonyl (C=O) groups excluding carboxylic acids is 1. The van der Waals surface area contributed by atoms with Crippen LogP contribution in [0.4, 0.5) is 0 Å². The van der Waals surface area contributed by atoms with Crippen LogP contribution < -0.4 is 0 Å². The van der Waals surface area contributed by atoms with Crippen LogP contribution >= 0.6 is 0 Å². The van der Waals surface area contributed by atoms with Crippen LogP contribution in [0.5, 0.6) is 0 Å². The number of nitriles is 1. The van der Waals surface area contributed by atoms with Crippen molar-refractivity contribution in [3.05, 3.63) is 11.8 Å². The van der Waals surface area contributed by atoms with Gasteiger partial charge in [0.05, 0.1) is 0 Å². The van der Waals surface area contributed by atoms with E-state index in [-0.39, 0.29) is 5.91 Å². The minimum absolute atomic E-state index is 0.107. The molecule has 2 rings (SSSR count). The van der Waals surface area contributed by atoms with Crippen LogP contribution in [-0.4, -0.2) is 41.9 Å². The third-order valence-electron chi connectivity index (χ3n) is 4.50. The fraction of sp³-hybridized carbons (Fsp3) is 0.750. The second kappa shape index (κ2) is 7.33. The van der Waals surface area contributed by atoms with Crippen molar-refractivity contribution in [1.82, 2.24) is 9.80 Å². The van der Waals surface area contributed by atoms with E-state index in [1.807, 2.05) is 7.05 Å². The summed E-state index contributed by atoms with van der Waals surface area (Å²) in [5, 5.41) is 9.28. The Balaban J connectivity index is 2.00. The Hall–Kier alpha value is -1.50. The topological polar surface area (TPSA) is 47.3 Å². The Morgan fingerprint density at radius 3 is 2.35 bits per heavy atom. The number of rotatable bonds is 3. The van der Waals surface area contributed by atoms with Gasteiger partial charge in [0, 0.05) is 32.4 Å². The first-order valence-corrected chi connectivity index (χ1v) is 7.85. The Morgan fingerprint density at radius 1 is 1.15 bits per heavy atom. The molecule has 0 bridgehead atoms. The highest BCUT2D eigenvalue weighted by molar-refractivity contribution is 5.97. The van der Waals surface area contributed by atoms with Crippen LogP contribution in [0.25, 0.3) is 0 Å². The summed E-state index contributed by atoms with van der Waals surface area (Å²) >= 11 is 0. The molecule has 2 aliphatic rings.